The molecule has 470 valence electrons. The molecule has 0 radical (unpaired) electrons. The summed E-state index contributed by atoms with van der Waals surface area (Å²) in [7, 11) is -7.19. The van der Waals surface area contributed by atoms with Crippen molar-refractivity contribution in [2.24, 2.45) is 11.8 Å². The Bertz CT molecular complexity index is 2760. The van der Waals surface area contributed by atoms with E-state index in [-0.39, 0.29) is 55.8 Å². The summed E-state index contributed by atoms with van der Waals surface area (Å²) >= 11 is 0. The maximum atomic E-state index is 13.9. The summed E-state index contributed by atoms with van der Waals surface area (Å²) in [5.74, 6) is -2.26. The van der Waals surface area contributed by atoms with Gasteiger partial charge in [0.25, 0.3) is 0 Å². The van der Waals surface area contributed by atoms with Gasteiger partial charge in [-0.3, -0.25) is 0 Å². The molecule has 11 aliphatic rings. The van der Waals surface area contributed by atoms with Crippen LogP contribution in [-0.2, 0) is 105 Å². The summed E-state index contributed by atoms with van der Waals surface area (Å²) in [4.78, 5) is 0. The van der Waals surface area contributed by atoms with E-state index >= 15 is 0 Å². The first-order valence-corrected chi connectivity index (χ1v) is 31.2. The molecule has 2 unspecified atom stereocenters. The van der Waals surface area contributed by atoms with Crippen molar-refractivity contribution in [2.45, 2.75) is 242 Å². The zero-order valence-electron chi connectivity index (χ0n) is 49.6. The van der Waals surface area contributed by atoms with E-state index in [1.165, 1.54) is 0 Å². The first-order valence-electron chi connectivity index (χ1n) is 28.9. The number of hydrogen-bond acceptors (Lipinski definition) is 24. The van der Waals surface area contributed by atoms with Gasteiger partial charge in [-0.15, -0.1) is 12.6 Å². The fourth-order valence-corrected chi connectivity index (χ4v) is 14.0. The molecule has 24 nitrogen and oxygen atoms in total. The minimum atomic E-state index is -4.08. The fourth-order valence-electron chi connectivity index (χ4n) is 13.1. The van der Waals surface area contributed by atoms with Gasteiger partial charge in [-0.1, -0.05) is 66.8 Å². The molecule has 13 rings (SSSR count). The van der Waals surface area contributed by atoms with Crippen molar-refractivity contribution in [3.05, 3.63) is 77.7 Å². The molecule has 2 saturated carbocycles. The van der Waals surface area contributed by atoms with Gasteiger partial charge >= 0.3 is 21.0 Å². The van der Waals surface area contributed by atoms with Crippen molar-refractivity contribution in [1.29, 1.82) is 0 Å². The number of ether oxygens (including phenoxy) is 16. The highest BCUT2D eigenvalue weighted by molar-refractivity contribution is 7.81. The Hall–Kier alpha value is -2.88. The van der Waals surface area contributed by atoms with Crippen molar-refractivity contribution in [1.82, 2.24) is 0 Å². The zero-order chi connectivity index (χ0) is 60.4. The largest absolute Gasteiger partial charge is 0.848 e. The summed E-state index contributed by atoms with van der Waals surface area (Å²) < 4.78 is 155. The molecule has 0 N–H and O–H groups in total. The highest BCUT2D eigenvalue weighted by Gasteiger charge is 2.65. The Morgan fingerprint density at radius 2 is 0.929 bits per heavy atom. The van der Waals surface area contributed by atoms with Crippen LogP contribution < -0.4 is 5.11 Å². The molecule has 18 atom stereocenters. The molecule has 0 spiro atoms. The zero-order valence-corrected chi connectivity index (χ0v) is 51.3. The third kappa shape index (κ3) is 15.4. The van der Waals surface area contributed by atoms with Crippen LogP contribution in [0.2, 0.25) is 0 Å². The lowest BCUT2D eigenvalue weighted by Crippen LogP contribution is -2.59. The Labute approximate surface area is 493 Å². The Balaban J connectivity index is 0.000000146. The second kappa shape index (κ2) is 24.8. The van der Waals surface area contributed by atoms with Crippen LogP contribution in [0, 0.1) is 17.8 Å². The van der Waals surface area contributed by atoms with Gasteiger partial charge in [0.15, 0.2) is 53.2 Å². The summed E-state index contributed by atoms with van der Waals surface area (Å²) in [6.07, 6.45) is -3.55. The maximum Gasteiger partial charge on any atom is 0.425 e. The molecule has 26 heteroatoms. The van der Waals surface area contributed by atoms with Crippen LogP contribution in [0.25, 0.3) is 0 Å². The van der Waals surface area contributed by atoms with Gasteiger partial charge in [0.1, 0.15) is 67.6 Å². The normalized spacial score (nSPS) is 41.3. The van der Waals surface area contributed by atoms with Crippen LogP contribution in [0.1, 0.15) is 132 Å². The van der Waals surface area contributed by atoms with Gasteiger partial charge in [-0.05, 0) is 95.9 Å². The molecule has 2 aromatic rings. The third-order valence-electron chi connectivity index (χ3n) is 16.4. The van der Waals surface area contributed by atoms with E-state index in [1.54, 1.807) is 13.8 Å². The van der Waals surface area contributed by atoms with Crippen LogP contribution in [0.4, 0.5) is 0 Å². The first-order chi connectivity index (χ1) is 39.3. The highest BCUT2D eigenvalue weighted by Crippen LogP contribution is 2.52. The molecule has 84 heavy (non-hydrogen) atoms. The molecule has 0 aromatic heterocycles. The molecule has 11 fully saturated rings. The monoisotopic (exact) mass is 1230 g/mol. The van der Waals surface area contributed by atoms with Gasteiger partial charge in [0, 0.05) is 17.0 Å². The van der Waals surface area contributed by atoms with Crippen LogP contribution >= 0.6 is 0 Å². The summed E-state index contributed by atoms with van der Waals surface area (Å²) in [5.41, 5.74) is 1.68. The van der Waals surface area contributed by atoms with E-state index in [0.29, 0.717) is 38.6 Å². The summed E-state index contributed by atoms with van der Waals surface area (Å²) in [5, 5.41) is 13.9. The predicted octanol–water partition coefficient (Wildman–Crippen LogP) is 5.35. The lowest BCUT2D eigenvalue weighted by atomic mass is 9.83. The predicted molar refractivity (Wildman–Crippen MR) is 287 cm³/mol. The van der Waals surface area contributed by atoms with E-state index < -0.39 is 117 Å². The van der Waals surface area contributed by atoms with E-state index in [1.807, 2.05) is 130 Å². The van der Waals surface area contributed by atoms with Gasteiger partial charge < -0.3 is 80.9 Å². The SMILES string of the molecule is CC1(C)OC[C@H]([C@@H]2CC[C@H]3OC(C)(C)O[C@@H]23)O1.CC1(C)OC[C@H]([C@H]2OC(c3ccccc3)O[C@@H](C[C+]3C[C@H]4OC(C)(C)O[C@H]4[C@@H]3[C@H]3COC(C)(C)O3)[C@H]2[O-])O1.CC1(C)OC[C@H]([C@H]2OC(c3ccccc3)O[C@H]3COS(=O)(=O)O[C@@H]23)O1.O=S(=O)=O. The quantitative estimate of drug-likeness (QED) is 0.301. The number of fused-ring (bicyclic) bond motifs is 3. The molecule has 2 aromatic carbocycles. The number of benzene rings is 2. The lowest BCUT2D eigenvalue weighted by Gasteiger charge is -2.47. The second-order valence-electron chi connectivity index (χ2n) is 25.5. The van der Waals surface area contributed by atoms with Gasteiger partial charge in [-0.25, -0.2) is 8.37 Å². The number of hydrogen-bond donors (Lipinski definition) is 0. The minimum absolute atomic E-state index is 0.0687. The fraction of sp³-hybridized carbons (Fsp3) is 0.776. The summed E-state index contributed by atoms with van der Waals surface area (Å²) in [6, 6.07) is 19.1. The van der Waals surface area contributed by atoms with Crippen molar-refractivity contribution in [2.75, 3.05) is 33.0 Å². The Morgan fingerprint density at radius 3 is 1.45 bits per heavy atom. The van der Waals surface area contributed by atoms with E-state index in [0.717, 1.165) is 29.9 Å². The van der Waals surface area contributed by atoms with Crippen LogP contribution in [0.3, 0.4) is 0 Å². The molecule has 0 amide bonds. The number of rotatable bonds is 8. The lowest BCUT2D eigenvalue weighted by molar-refractivity contribution is -0.496. The molecule has 9 heterocycles. The van der Waals surface area contributed by atoms with Crippen molar-refractivity contribution in [3.63, 3.8) is 0 Å². The van der Waals surface area contributed by atoms with E-state index in [9.17, 15) is 13.5 Å². The van der Waals surface area contributed by atoms with Gasteiger partial charge in [0.2, 0.25) is 0 Å². The first kappa shape index (κ1) is 64.1. The highest BCUT2D eigenvalue weighted by atomic mass is 32.3. The molecule has 0 bridgehead atoms. The van der Waals surface area contributed by atoms with Crippen molar-refractivity contribution < 1.29 is 110 Å². The Morgan fingerprint density at radius 1 is 0.476 bits per heavy atom. The Kier molecular flexibility index (Phi) is 19.0. The standard InChI is InChI=1S/C29H40O9.C16H20O8S.C13H22O4.O3S/c1-27(2)31-14-20(36-27)22-17(13-19-24(22)38-29(5,6)35-19)12-18-23(30)25(21-15-32-28(3,4)37-21)34-26(33-18)16-10-8-7-9-11-16;1-16(2)19-8-12(23-16)13-14-11(9-20-25(17,18)24-14)21-15(22-13)10-6-4-3-5-7-10;1-12(2)14-7-10(16-12)8-5-6-9-11(8)17-13(3,4)15-9;1-4(2)3/h7-11,18-26H,12-15H2,1-6H3;3-7,11-15H,8-9H2,1-2H3;8-11H,5-7H2,1-4H3;/t18-,19+,20+,21+,22-,23+,24+,25+,26?;11-,12+,13+,14+,15?;8-,9+,10+,11-;/m000./s1. The van der Waals surface area contributed by atoms with E-state index in [2.05, 4.69) is 0 Å². The molecule has 2 aliphatic carbocycles. The molecule has 9 saturated heterocycles. The third-order valence-corrected chi connectivity index (χ3v) is 17.3. The maximum absolute atomic E-state index is 13.9. The molecule has 9 aliphatic heterocycles. The summed E-state index contributed by atoms with van der Waals surface area (Å²) in [6.45, 7) is 24.5. The second-order valence-corrected chi connectivity index (χ2v) is 27.2. The molecular formula is C58H82O24S2. The van der Waals surface area contributed by atoms with E-state index in [4.69, 9.17) is 96.8 Å². The average Bonchev–Trinajstić information content (AvgIpc) is 2.32. The van der Waals surface area contributed by atoms with Crippen LogP contribution in [-0.4, -0.2) is 174 Å². The minimum Gasteiger partial charge on any atom is -0.848 e. The van der Waals surface area contributed by atoms with Crippen molar-refractivity contribution in [3.8, 4) is 0 Å². The molecular weight excluding hydrogens is 1140 g/mol. The van der Waals surface area contributed by atoms with Gasteiger partial charge in [0.05, 0.1) is 63.6 Å². The van der Waals surface area contributed by atoms with Crippen molar-refractivity contribution >= 4 is 21.0 Å². The average molecular weight is 1230 g/mol. The topological polar surface area (TPSA) is 275 Å². The van der Waals surface area contributed by atoms with Gasteiger partial charge in [-0.2, -0.15) is 8.42 Å². The smallest absolute Gasteiger partial charge is 0.425 e. The van der Waals surface area contributed by atoms with Crippen LogP contribution in [0.5, 0.6) is 0 Å². The van der Waals surface area contributed by atoms with Crippen LogP contribution in [0.15, 0.2) is 60.7 Å².